The molecular formula is C22H24N6O2. The maximum atomic E-state index is 12.7. The molecule has 0 radical (unpaired) electrons. The van der Waals surface area contributed by atoms with Gasteiger partial charge in [0.25, 0.3) is 5.56 Å². The van der Waals surface area contributed by atoms with Crippen molar-refractivity contribution in [2.75, 3.05) is 24.5 Å². The van der Waals surface area contributed by atoms with Gasteiger partial charge in [-0.2, -0.15) is 5.10 Å². The minimum atomic E-state index is -0.173. The molecule has 2 aromatic heterocycles. The van der Waals surface area contributed by atoms with Crippen LogP contribution in [0, 0.1) is 5.92 Å². The average molecular weight is 404 g/mol. The zero-order valence-corrected chi connectivity index (χ0v) is 16.6. The third kappa shape index (κ3) is 4.71. The van der Waals surface area contributed by atoms with Crippen molar-refractivity contribution in [1.82, 2.24) is 25.1 Å². The summed E-state index contributed by atoms with van der Waals surface area (Å²) in [4.78, 5) is 35.3. The molecule has 154 valence electrons. The smallest absolute Gasteiger partial charge is 0.266 e. The molecule has 1 aliphatic heterocycles. The first-order valence-corrected chi connectivity index (χ1v) is 10.1. The van der Waals surface area contributed by atoms with Crippen molar-refractivity contribution in [3.63, 3.8) is 0 Å². The second-order valence-corrected chi connectivity index (χ2v) is 7.29. The first kappa shape index (κ1) is 19.8. The molecule has 0 aliphatic carbocycles. The molecule has 4 rings (SSSR count). The van der Waals surface area contributed by atoms with Crippen LogP contribution in [0.15, 0.2) is 65.8 Å². The van der Waals surface area contributed by atoms with E-state index in [9.17, 15) is 9.59 Å². The van der Waals surface area contributed by atoms with E-state index in [-0.39, 0.29) is 17.4 Å². The van der Waals surface area contributed by atoms with Gasteiger partial charge in [-0.15, -0.1) is 0 Å². The average Bonchev–Trinajstić information content (AvgIpc) is 2.81. The summed E-state index contributed by atoms with van der Waals surface area (Å²) in [6.07, 6.45) is 4.89. The number of hydrogen-bond acceptors (Lipinski definition) is 6. The molecule has 1 aromatic carbocycles. The fourth-order valence-electron chi connectivity index (χ4n) is 3.67. The van der Waals surface area contributed by atoms with Gasteiger partial charge in [-0.25, -0.2) is 14.6 Å². The molecule has 3 aromatic rings. The van der Waals surface area contributed by atoms with Crippen LogP contribution in [0.25, 0.3) is 11.3 Å². The van der Waals surface area contributed by atoms with E-state index in [0.717, 1.165) is 36.5 Å². The van der Waals surface area contributed by atoms with Gasteiger partial charge in [0.05, 0.1) is 18.2 Å². The molecule has 8 nitrogen and oxygen atoms in total. The van der Waals surface area contributed by atoms with Crippen LogP contribution in [0.5, 0.6) is 0 Å². The van der Waals surface area contributed by atoms with Gasteiger partial charge in [-0.1, -0.05) is 30.3 Å². The molecule has 1 fully saturated rings. The van der Waals surface area contributed by atoms with Crippen LogP contribution in [0.1, 0.15) is 12.8 Å². The molecule has 3 heterocycles. The number of hydrogen-bond donors (Lipinski definition) is 1. The predicted molar refractivity (Wildman–Crippen MR) is 114 cm³/mol. The summed E-state index contributed by atoms with van der Waals surface area (Å²) < 4.78 is 1.35. The van der Waals surface area contributed by atoms with E-state index >= 15 is 0 Å². The Labute approximate surface area is 174 Å². The Morgan fingerprint density at radius 2 is 2.00 bits per heavy atom. The molecule has 1 unspecified atom stereocenters. The lowest BCUT2D eigenvalue weighted by Crippen LogP contribution is -2.44. The van der Waals surface area contributed by atoms with E-state index < -0.39 is 0 Å². The number of nitrogens with zero attached hydrogens (tertiary/aromatic N) is 5. The standard InChI is InChI=1S/C22H24N6O2/c29-21-9-4-10-26-28(21)13-11-23-22(30)18-8-5-12-27(15-18)20-14-19(24-16-25-20)17-6-2-1-3-7-17/h1-4,6-7,9-10,14,16,18H,5,8,11-13,15H2,(H,23,30). The van der Waals surface area contributed by atoms with Crippen LogP contribution in [-0.2, 0) is 11.3 Å². The topological polar surface area (TPSA) is 93.0 Å². The van der Waals surface area contributed by atoms with E-state index in [1.165, 1.54) is 10.7 Å². The minimum Gasteiger partial charge on any atom is -0.356 e. The van der Waals surface area contributed by atoms with Gasteiger partial charge in [-0.3, -0.25) is 9.59 Å². The number of amides is 1. The Hall–Kier alpha value is -3.55. The van der Waals surface area contributed by atoms with E-state index in [1.807, 2.05) is 36.4 Å². The highest BCUT2D eigenvalue weighted by Gasteiger charge is 2.26. The summed E-state index contributed by atoms with van der Waals surface area (Å²) in [7, 11) is 0. The van der Waals surface area contributed by atoms with Crippen molar-refractivity contribution in [1.29, 1.82) is 0 Å². The lowest BCUT2D eigenvalue weighted by molar-refractivity contribution is -0.125. The zero-order chi connectivity index (χ0) is 20.8. The third-order valence-electron chi connectivity index (χ3n) is 5.25. The van der Waals surface area contributed by atoms with Crippen LogP contribution in [0.4, 0.5) is 5.82 Å². The number of benzene rings is 1. The van der Waals surface area contributed by atoms with Crippen molar-refractivity contribution in [2.45, 2.75) is 19.4 Å². The molecule has 0 bridgehead atoms. The molecule has 0 spiro atoms. The monoisotopic (exact) mass is 404 g/mol. The summed E-state index contributed by atoms with van der Waals surface area (Å²) in [6.45, 7) is 2.20. The summed E-state index contributed by atoms with van der Waals surface area (Å²) in [6, 6.07) is 15.0. The highest BCUT2D eigenvalue weighted by Crippen LogP contribution is 2.25. The number of carbonyl (C=O) groups excluding carboxylic acids is 1. The molecule has 30 heavy (non-hydrogen) atoms. The van der Waals surface area contributed by atoms with Crippen molar-refractivity contribution in [3.05, 3.63) is 71.4 Å². The maximum Gasteiger partial charge on any atom is 0.266 e. The second kappa shape index (κ2) is 9.30. The Morgan fingerprint density at radius 3 is 2.83 bits per heavy atom. The van der Waals surface area contributed by atoms with E-state index in [2.05, 4.69) is 25.3 Å². The Balaban J connectivity index is 1.37. The van der Waals surface area contributed by atoms with Gasteiger partial charge in [0.2, 0.25) is 5.91 Å². The van der Waals surface area contributed by atoms with Gasteiger partial charge < -0.3 is 10.2 Å². The number of aromatic nitrogens is 4. The molecule has 1 saturated heterocycles. The SMILES string of the molecule is O=C(NCCn1ncccc1=O)C1CCCN(c2cc(-c3ccccc3)ncn2)C1. The van der Waals surface area contributed by atoms with Crippen LogP contribution >= 0.6 is 0 Å². The fraction of sp³-hybridized carbons (Fsp3) is 0.318. The number of nitrogens with one attached hydrogen (secondary N) is 1. The van der Waals surface area contributed by atoms with Crippen LogP contribution < -0.4 is 15.8 Å². The zero-order valence-electron chi connectivity index (χ0n) is 16.6. The highest BCUT2D eigenvalue weighted by atomic mass is 16.2. The van der Waals surface area contributed by atoms with Gasteiger partial charge in [0.15, 0.2) is 0 Å². The van der Waals surface area contributed by atoms with E-state index in [0.29, 0.717) is 19.6 Å². The predicted octanol–water partition coefficient (Wildman–Crippen LogP) is 1.73. The van der Waals surface area contributed by atoms with Crippen LogP contribution in [0.3, 0.4) is 0 Å². The number of rotatable bonds is 6. The van der Waals surface area contributed by atoms with Gasteiger partial charge in [-0.05, 0) is 18.9 Å². The number of piperidine rings is 1. The van der Waals surface area contributed by atoms with Gasteiger partial charge in [0.1, 0.15) is 12.1 Å². The minimum absolute atomic E-state index is 0.000944. The fourth-order valence-corrected chi connectivity index (χ4v) is 3.67. The summed E-state index contributed by atoms with van der Waals surface area (Å²) in [5.41, 5.74) is 1.73. The molecule has 8 heteroatoms. The largest absolute Gasteiger partial charge is 0.356 e. The molecular weight excluding hydrogens is 380 g/mol. The first-order valence-electron chi connectivity index (χ1n) is 10.1. The number of carbonyl (C=O) groups is 1. The Bertz CT molecular complexity index is 1050. The Morgan fingerprint density at radius 1 is 1.13 bits per heavy atom. The van der Waals surface area contributed by atoms with Crippen molar-refractivity contribution in [3.8, 4) is 11.3 Å². The van der Waals surface area contributed by atoms with Crippen molar-refractivity contribution in [2.24, 2.45) is 5.92 Å². The van der Waals surface area contributed by atoms with E-state index in [4.69, 9.17) is 0 Å². The first-order chi connectivity index (χ1) is 14.7. The maximum absolute atomic E-state index is 12.7. The van der Waals surface area contributed by atoms with Crippen LogP contribution in [-0.4, -0.2) is 45.3 Å². The van der Waals surface area contributed by atoms with Crippen LogP contribution in [0.2, 0.25) is 0 Å². The molecule has 0 saturated carbocycles. The highest BCUT2D eigenvalue weighted by molar-refractivity contribution is 5.79. The molecule has 1 aliphatic rings. The third-order valence-corrected chi connectivity index (χ3v) is 5.25. The van der Waals surface area contributed by atoms with Gasteiger partial charge >= 0.3 is 0 Å². The van der Waals surface area contributed by atoms with Gasteiger partial charge in [0, 0.05) is 43.5 Å². The normalized spacial score (nSPS) is 16.3. The van der Waals surface area contributed by atoms with Crippen molar-refractivity contribution >= 4 is 11.7 Å². The summed E-state index contributed by atoms with van der Waals surface area (Å²) in [5.74, 6) is 0.719. The number of anilines is 1. The summed E-state index contributed by atoms with van der Waals surface area (Å²) >= 11 is 0. The molecule has 1 N–H and O–H groups in total. The molecule has 1 atom stereocenters. The second-order valence-electron chi connectivity index (χ2n) is 7.29. The lowest BCUT2D eigenvalue weighted by Gasteiger charge is -2.33. The lowest BCUT2D eigenvalue weighted by atomic mass is 9.97. The van der Waals surface area contributed by atoms with Crippen molar-refractivity contribution < 1.29 is 4.79 Å². The quantitative estimate of drug-likeness (QED) is 0.673. The molecule has 1 amide bonds. The Kier molecular flexibility index (Phi) is 6.12. The van der Waals surface area contributed by atoms with E-state index in [1.54, 1.807) is 18.6 Å². The summed E-state index contributed by atoms with van der Waals surface area (Å²) in [5, 5.41) is 6.94.